The smallest absolute Gasteiger partial charge is 0.243 e. The van der Waals surface area contributed by atoms with Crippen LogP contribution in [0.4, 0.5) is 10.1 Å². The molecule has 1 aliphatic heterocycles. The molecule has 2 rings (SSSR count). The van der Waals surface area contributed by atoms with Crippen molar-refractivity contribution in [2.45, 2.75) is 51.5 Å². The molecular formula is C15H23FN2O2S. The highest BCUT2D eigenvalue weighted by Crippen LogP contribution is 2.33. The zero-order chi connectivity index (χ0) is 15.9. The van der Waals surface area contributed by atoms with Crippen LogP contribution >= 0.6 is 0 Å². The van der Waals surface area contributed by atoms with Crippen LogP contribution in [0.15, 0.2) is 11.0 Å². The van der Waals surface area contributed by atoms with Crippen LogP contribution in [0.5, 0.6) is 0 Å². The highest BCUT2D eigenvalue weighted by Gasteiger charge is 2.35. The van der Waals surface area contributed by atoms with Crippen molar-refractivity contribution in [1.29, 1.82) is 0 Å². The number of piperidine rings is 1. The van der Waals surface area contributed by atoms with Crippen LogP contribution in [-0.2, 0) is 10.0 Å². The fourth-order valence-electron chi connectivity index (χ4n) is 3.03. The molecular weight excluding hydrogens is 291 g/mol. The molecule has 1 heterocycles. The van der Waals surface area contributed by atoms with Gasteiger partial charge >= 0.3 is 0 Å². The molecule has 1 saturated heterocycles. The molecule has 118 valence electrons. The number of rotatable bonds is 2. The van der Waals surface area contributed by atoms with E-state index in [1.54, 1.807) is 13.8 Å². The Morgan fingerprint density at radius 1 is 1.29 bits per heavy atom. The summed E-state index contributed by atoms with van der Waals surface area (Å²) in [6.07, 6.45) is 1.87. The van der Waals surface area contributed by atoms with Crippen LogP contribution in [0.3, 0.4) is 0 Å². The third kappa shape index (κ3) is 2.79. The third-order valence-electron chi connectivity index (χ3n) is 4.33. The maximum atomic E-state index is 13.7. The van der Waals surface area contributed by atoms with Gasteiger partial charge in [-0.2, -0.15) is 4.31 Å². The predicted octanol–water partition coefficient (Wildman–Crippen LogP) is 2.83. The largest absolute Gasteiger partial charge is 0.396 e. The standard InChI is InChI=1S/C15H23FN2O2S/c1-9-5-6-11(3)18(8-9)21(19,20)15-10(2)7-13(16)14(17)12(15)4/h7,9,11H,5-6,8,17H2,1-4H3. The molecule has 0 spiro atoms. The lowest BCUT2D eigenvalue weighted by molar-refractivity contribution is 0.218. The normalized spacial score (nSPS) is 24.2. The predicted molar refractivity (Wildman–Crippen MR) is 82.0 cm³/mol. The van der Waals surface area contributed by atoms with E-state index in [-0.39, 0.29) is 16.6 Å². The average molecular weight is 314 g/mol. The summed E-state index contributed by atoms with van der Waals surface area (Å²) >= 11 is 0. The SMILES string of the molecule is Cc1cc(F)c(N)c(C)c1S(=O)(=O)N1CC(C)CCC1C. The number of nitrogens with two attached hydrogens (primary N) is 1. The molecule has 0 aromatic heterocycles. The molecule has 6 heteroatoms. The van der Waals surface area contributed by atoms with E-state index < -0.39 is 15.8 Å². The number of sulfonamides is 1. The van der Waals surface area contributed by atoms with E-state index in [1.807, 2.05) is 13.8 Å². The monoisotopic (exact) mass is 314 g/mol. The minimum atomic E-state index is -3.66. The lowest BCUT2D eigenvalue weighted by Crippen LogP contribution is -2.45. The van der Waals surface area contributed by atoms with Crippen molar-refractivity contribution in [3.63, 3.8) is 0 Å². The minimum absolute atomic E-state index is 0.0451. The molecule has 2 N–H and O–H groups in total. The fraction of sp³-hybridized carbons (Fsp3) is 0.600. The summed E-state index contributed by atoms with van der Waals surface area (Å²) < 4.78 is 41.2. The summed E-state index contributed by atoms with van der Waals surface area (Å²) in [5.41, 5.74) is 6.31. The second kappa shape index (κ2) is 5.57. The van der Waals surface area contributed by atoms with E-state index in [2.05, 4.69) is 0 Å². The lowest BCUT2D eigenvalue weighted by Gasteiger charge is -2.36. The third-order valence-corrected chi connectivity index (χ3v) is 6.60. The Labute approximate surface area is 126 Å². The highest BCUT2D eigenvalue weighted by molar-refractivity contribution is 7.89. The Morgan fingerprint density at radius 3 is 2.52 bits per heavy atom. The van der Waals surface area contributed by atoms with E-state index >= 15 is 0 Å². The van der Waals surface area contributed by atoms with Gasteiger partial charge in [0.15, 0.2) is 0 Å². The van der Waals surface area contributed by atoms with E-state index in [0.29, 0.717) is 23.6 Å². The van der Waals surface area contributed by atoms with Gasteiger partial charge in [-0.15, -0.1) is 0 Å². The number of aryl methyl sites for hydroxylation is 1. The molecule has 1 fully saturated rings. The van der Waals surface area contributed by atoms with Crippen LogP contribution in [0.1, 0.15) is 37.8 Å². The van der Waals surface area contributed by atoms with Gasteiger partial charge in [0.2, 0.25) is 10.0 Å². The van der Waals surface area contributed by atoms with Crippen molar-refractivity contribution in [3.05, 3.63) is 23.0 Å². The van der Waals surface area contributed by atoms with Crippen molar-refractivity contribution >= 4 is 15.7 Å². The van der Waals surface area contributed by atoms with Crippen LogP contribution in [0, 0.1) is 25.6 Å². The first kappa shape index (κ1) is 16.2. The first-order valence-electron chi connectivity index (χ1n) is 7.23. The van der Waals surface area contributed by atoms with E-state index in [9.17, 15) is 12.8 Å². The number of halogens is 1. The molecule has 4 nitrogen and oxygen atoms in total. The number of nitrogens with zero attached hydrogens (tertiary/aromatic N) is 1. The van der Waals surface area contributed by atoms with Gasteiger partial charge in [0.1, 0.15) is 5.82 Å². The number of nitrogen functional groups attached to an aromatic ring is 1. The maximum Gasteiger partial charge on any atom is 0.243 e. The van der Waals surface area contributed by atoms with Gasteiger partial charge in [-0.25, -0.2) is 12.8 Å². The van der Waals surface area contributed by atoms with E-state index in [0.717, 1.165) is 12.8 Å². The van der Waals surface area contributed by atoms with Gasteiger partial charge in [-0.05, 0) is 56.7 Å². The summed E-state index contributed by atoms with van der Waals surface area (Å²) in [6.45, 7) is 7.64. The van der Waals surface area contributed by atoms with Gasteiger partial charge in [0, 0.05) is 12.6 Å². The van der Waals surface area contributed by atoms with Gasteiger partial charge in [-0.3, -0.25) is 0 Å². The second-order valence-electron chi connectivity index (χ2n) is 6.15. The number of hydrogen-bond donors (Lipinski definition) is 1. The molecule has 0 bridgehead atoms. The Hall–Kier alpha value is -1.14. The quantitative estimate of drug-likeness (QED) is 0.854. The van der Waals surface area contributed by atoms with Crippen molar-refractivity contribution in [2.24, 2.45) is 5.92 Å². The summed E-state index contributed by atoms with van der Waals surface area (Å²) in [6, 6.07) is 1.16. The maximum absolute atomic E-state index is 13.7. The zero-order valence-electron chi connectivity index (χ0n) is 13.0. The Balaban J connectivity index is 2.57. The van der Waals surface area contributed by atoms with Crippen LogP contribution in [0.2, 0.25) is 0 Å². The van der Waals surface area contributed by atoms with Gasteiger partial charge in [-0.1, -0.05) is 6.92 Å². The van der Waals surface area contributed by atoms with Crippen LogP contribution < -0.4 is 5.73 Å². The van der Waals surface area contributed by atoms with Crippen LogP contribution in [-0.4, -0.2) is 25.3 Å². The first-order valence-corrected chi connectivity index (χ1v) is 8.67. The molecule has 1 aromatic rings. The zero-order valence-corrected chi connectivity index (χ0v) is 13.8. The van der Waals surface area contributed by atoms with Gasteiger partial charge < -0.3 is 5.73 Å². The molecule has 0 radical (unpaired) electrons. The van der Waals surface area contributed by atoms with Crippen molar-refractivity contribution in [3.8, 4) is 0 Å². The van der Waals surface area contributed by atoms with Crippen molar-refractivity contribution in [2.75, 3.05) is 12.3 Å². The molecule has 0 saturated carbocycles. The molecule has 2 unspecified atom stereocenters. The van der Waals surface area contributed by atoms with Crippen molar-refractivity contribution in [1.82, 2.24) is 4.31 Å². The number of benzene rings is 1. The van der Waals surface area contributed by atoms with E-state index in [4.69, 9.17) is 5.73 Å². The molecule has 1 aliphatic rings. The van der Waals surface area contributed by atoms with Crippen molar-refractivity contribution < 1.29 is 12.8 Å². The van der Waals surface area contributed by atoms with Gasteiger partial charge in [0.25, 0.3) is 0 Å². The summed E-state index contributed by atoms with van der Waals surface area (Å²) in [5.74, 6) is -0.238. The molecule has 1 aromatic carbocycles. The topological polar surface area (TPSA) is 63.4 Å². The number of hydrogen-bond acceptors (Lipinski definition) is 3. The molecule has 21 heavy (non-hydrogen) atoms. The summed E-state index contributed by atoms with van der Waals surface area (Å²) in [7, 11) is -3.66. The van der Waals surface area contributed by atoms with E-state index in [1.165, 1.54) is 10.4 Å². The molecule has 2 atom stereocenters. The lowest BCUT2D eigenvalue weighted by atomic mass is 9.97. The molecule has 0 aliphatic carbocycles. The number of anilines is 1. The fourth-order valence-corrected chi connectivity index (χ4v) is 5.26. The first-order chi connectivity index (χ1) is 9.66. The van der Waals surface area contributed by atoms with Gasteiger partial charge in [0.05, 0.1) is 10.6 Å². The minimum Gasteiger partial charge on any atom is -0.396 e. The second-order valence-corrected chi connectivity index (χ2v) is 7.98. The summed E-state index contributed by atoms with van der Waals surface area (Å²) in [5, 5.41) is 0. The Morgan fingerprint density at radius 2 is 1.90 bits per heavy atom. The molecule has 0 amide bonds. The summed E-state index contributed by atoms with van der Waals surface area (Å²) in [4.78, 5) is 0.155. The Kier molecular flexibility index (Phi) is 4.31. The Bertz CT molecular complexity index is 658. The highest BCUT2D eigenvalue weighted by atomic mass is 32.2. The van der Waals surface area contributed by atoms with Crippen LogP contribution in [0.25, 0.3) is 0 Å². The average Bonchev–Trinajstić information content (AvgIpc) is 2.38.